The second kappa shape index (κ2) is 10.6. The first kappa shape index (κ1) is 20.0. The van der Waals surface area contributed by atoms with Crippen molar-refractivity contribution in [2.45, 2.75) is 59.0 Å². The van der Waals surface area contributed by atoms with Gasteiger partial charge in [-0.1, -0.05) is 56.7 Å². The zero-order chi connectivity index (χ0) is 18.8. The molecule has 0 heterocycles. The molecular weight excluding hydrogens is 324 g/mol. The Morgan fingerprint density at radius 1 is 0.962 bits per heavy atom. The maximum Gasteiger partial charge on any atom is 0.303 e. The number of aliphatic carboxylic acids is 1. The molecule has 140 valence electrons. The molecule has 2 aromatic rings. The Labute approximate surface area is 157 Å². The van der Waals surface area contributed by atoms with Crippen molar-refractivity contribution in [3.63, 3.8) is 0 Å². The lowest BCUT2D eigenvalue weighted by Crippen LogP contribution is -1.98. The van der Waals surface area contributed by atoms with Crippen molar-refractivity contribution < 1.29 is 14.6 Å². The third-order valence-electron chi connectivity index (χ3n) is 4.33. The van der Waals surface area contributed by atoms with E-state index in [2.05, 4.69) is 50.2 Å². The van der Waals surface area contributed by atoms with Crippen LogP contribution in [0.2, 0.25) is 0 Å². The van der Waals surface area contributed by atoms with Gasteiger partial charge >= 0.3 is 5.97 Å². The predicted molar refractivity (Wildman–Crippen MR) is 106 cm³/mol. The van der Waals surface area contributed by atoms with Gasteiger partial charge in [0.05, 0.1) is 0 Å². The van der Waals surface area contributed by atoms with Crippen molar-refractivity contribution in [1.82, 2.24) is 0 Å². The first-order valence-electron chi connectivity index (χ1n) is 9.54. The smallest absolute Gasteiger partial charge is 0.303 e. The van der Waals surface area contributed by atoms with E-state index in [-0.39, 0.29) is 6.42 Å². The van der Waals surface area contributed by atoms with Gasteiger partial charge < -0.3 is 9.84 Å². The molecule has 3 heteroatoms. The Morgan fingerprint density at radius 2 is 1.69 bits per heavy atom. The van der Waals surface area contributed by atoms with Crippen LogP contribution in [0.5, 0.6) is 5.75 Å². The van der Waals surface area contributed by atoms with Crippen molar-refractivity contribution in [2.24, 2.45) is 5.92 Å². The number of ether oxygens (including phenoxy) is 1. The minimum atomic E-state index is -0.711. The van der Waals surface area contributed by atoms with Crippen molar-refractivity contribution in [1.29, 1.82) is 0 Å². The Hall–Kier alpha value is -2.29. The highest BCUT2D eigenvalue weighted by molar-refractivity contribution is 5.66. The molecule has 0 aliphatic carbocycles. The summed E-state index contributed by atoms with van der Waals surface area (Å²) < 4.78 is 5.93. The van der Waals surface area contributed by atoms with Crippen LogP contribution >= 0.6 is 0 Å². The van der Waals surface area contributed by atoms with Gasteiger partial charge in [-0.3, -0.25) is 4.79 Å². The largest absolute Gasteiger partial charge is 0.489 e. The van der Waals surface area contributed by atoms with E-state index in [1.165, 1.54) is 16.7 Å². The number of carboxylic acids is 1. The van der Waals surface area contributed by atoms with Crippen LogP contribution in [-0.4, -0.2) is 11.1 Å². The highest BCUT2D eigenvalue weighted by Gasteiger charge is 2.02. The monoisotopic (exact) mass is 354 g/mol. The van der Waals surface area contributed by atoms with Gasteiger partial charge in [0.1, 0.15) is 12.4 Å². The summed E-state index contributed by atoms with van der Waals surface area (Å²) in [6, 6.07) is 16.9. The molecule has 1 N–H and O–H groups in total. The van der Waals surface area contributed by atoms with Crippen molar-refractivity contribution in [2.75, 3.05) is 0 Å². The topological polar surface area (TPSA) is 46.5 Å². The Balaban J connectivity index is 1.78. The molecule has 3 nitrogen and oxygen atoms in total. The summed E-state index contributed by atoms with van der Waals surface area (Å²) in [5, 5.41) is 8.66. The van der Waals surface area contributed by atoms with Crippen LogP contribution in [0.1, 0.15) is 56.2 Å². The molecule has 2 aromatic carbocycles. The standard InChI is InChI=1S/C23H30O3/c1-18(2)15-20-11-13-21(14-12-20)17-26-22-9-6-8-19(16-22)7-4-3-5-10-23(24)25/h6,8-9,11-14,16,18H,3-5,7,10,15,17H2,1-2H3,(H,24,25). The number of benzene rings is 2. The van der Waals surface area contributed by atoms with Crippen LogP contribution in [-0.2, 0) is 24.2 Å². The van der Waals surface area contributed by atoms with Crippen LogP contribution in [0.4, 0.5) is 0 Å². The fourth-order valence-electron chi connectivity index (χ4n) is 2.98. The Morgan fingerprint density at radius 3 is 2.38 bits per heavy atom. The molecule has 0 aliphatic heterocycles. The van der Waals surface area contributed by atoms with E-state index >= 15 is 0 Å². The second-order valence-electron chi connectivity index (χ2n) is 7.30. The summed E-state index contributed by atoms with van der Waals surface area (Å²) in [5.41, 5.74) is 3.79. The molecule has 0 aromatic heterocycles. The molecular formula is C23H30O3. The lowest BCUT2D eigenvalue weighted by atomic mass is 10.0. The van der Waals surface area contributed by atoms with E-state index in [0.717, 1.165) is 37.9 Å². The number of rotatable bonds is 11. The van der Waals surface area contributed by atoms with Gasteiger partial charge in [0.15, 0.2) is 0 Å². The minimum Gasteiger partial charge on any atom is -0.489 e. The summed E-state index contributed by atoms with van der Waals surface area (Å²) in [6.07, 6.45) is 5.03. The van der Waals surface area contributed by atoms with E-state index in [1.807, 2.05) is 12.1 Å². The third kappa shape index (κ3) is 7.73. The first-order valence-corrected chi connectivity index (χ1v) is 9.54. The summed E-state index contributed by atoms with van der Waals surface area (Å²) >= 11 is 0. The van der Waals surface area contributed by atoms with Gasteiger partial charge in [-0.25, -0.2) is 0 Å². The van der Waals surface area contributed by atoms with E-state index in [0.29, 0.717) is 12.5 Å². The SMILES string of the molecule is CC(C)Cc1ccc(COc2cccc(CCCCCC(=O)O)c2)cc1. The van der Waals surface area contributed by atoms with Gasteiger partial charge in [0, 0.05) is 6.42 Å². The molecule has 26 heavy (non-hydrogen) atoms. The number of carbonyl (C=O) groups is 1. The van der Waals surface area contributed by atoms with E-state index in [9.17, 15) is 4.79 Å². The van der Waals surface area contributed by atoms with Gasteiger partial charge in [0.2, 0.25) is 0 Å². The van der Waals surface area contributed by atoms with Gasteiger partial charge in [-0.15, -0.1) is 0 Å². The first-order chi connectivity index (χ1) is 12.5. The molecule has 0 saturated heterocycles. The van der Waals surface area contributed by atoms with Crippen molar-refractivity contribution in [3.8, 4) is 5.75 Å². The number of hydrogen-bond acceptors (Lipinski definition) is 2. The fourth-order valence-corrected chi connectivity index (χ4v) is 2.98. The molecule has 0 spiro atoms. The Kier molecular flexibility index (Phi) is 8.20. The minimum absolute atomic E-state index is 0.263. The molecule has 2 rings (SSSR count). The van der Waals surface area contributed by atoms with Crippen LogP contribution in [0.15, 0.2) is 48.5 Å². The molecule has 0 radical (unpaired) electrons. The van der Waals surface area contributed by atoms with E-state index < -0.39 is 5.97 Å². The zero-order valence-electron chi connectivity index (χ0n) is 15.9. The molecule has 0 unspecified atom stereocenters. The highest BCUT2D eigenvalue weighted by Crippen LogP contribution is 2.18. The highest BCUT2D eigenvalue weighted by atomic mass is 16.5. The van der Waals surface area contributed by atoms with Crippen LogP contribution in [0, 0.1) is 5.92 Å². The lowest BCUT2D eigenvalue weighted by molar-refractivity contribution is -0.137. The van der Waals surface area contributed by atoms with Crippen LogP contribution in [0.25, 0.3) is 0 Å². The summed E-state index contributed by atoms with van der Waals surface area (Å²) in [7, 11) is 0. The van der Waals surface area contributed by atoms with Crippen LogP contribution < -0.4 is 4.74 Å². The number of hydrogen-bond donors (Lipinski definition) is 1. The molecule has 0 fully saturated rings. The zero-order valence-corrected chi connectivity index (χ0v) is 15.9. The summed E-state index contributed by atoms with van der Waals surface area (Å²) in [5.74, 6) is 0.848. The normalized spacial score (nSPS) is 10.9. The van der Waals surface area contributed by atoms with Crippen LogP contribution in [0.3, 0.4) is 0 Å². The van der Waals surface area contributed by atoms with Gasteiger partial charge in [0.25, 0.3) is 0 Å². The molecule has 0 bridgehead atoms. The maximum atomic E-state index is 10.5. The average molecular weight is 354 g/mol. The summed E-state index contributed by atoms with van der Waals surface area (Å²) in [6.45, 7) is 5.04. The average Bonchev–Trinajstić information content (AvgIpc) is 2.60. The molecule has 0 aliphatic rings. The lowest BCUT2D eigenvalue weighted by Gasteiger charge is -2.10. The molecule has 0 saturated carbocycles. The Bertz CT molecular complexity index is 674. The quantitative estimate of drug-likeness (QED) is 0.530. The van der Waals surface area contributed by atoms with Crippen molar-refractivity contribution >= 4 is 5.97 Å². The van der Waals surface area contributed by atoms with E-state index in [1.54, 1.807) is 0 Å². The maximum absolute atomic E-state index is 10.5. The van der Waals surface area contributed by atoms with Gasteiger partial charge in [-0.05, 0) is 60.4 Å². The molecule has 0 amide bonds. The second-order valence-corrected chi connectivity index (χ2v) is 7.30. The number of carboxylic acid groups (broad SMARTS) is 1. The van der Waals surface area contributed by atoms with Crippen molar-refractivity contribution in [3.05, 3.63) is 65.2 Å². The molecule has 0 atom stereocenters. The third-order valence-corrected chi connectivity index (χ3v) is 4.33. The van der Waals surface area contributed by atoms with Gasteiger partial charge in [-0.2, -0.15) is 0 Å². The van der Waals surface area contributed by atoms with E-state index in [4.69, 9.17) is 9.84 Å². The number of aryl methyl sites for hydroxylation is 1. The predicted octanol–water partition coefficient (Wildman–Crippen LogP) is 5.65. The number of unbranched alkanes of at least 4 members (excludes halogenated alkanes) is 2. The fraction of sp³-hybridized carbons (Fsp3) is 0.435. The summed E-state index contributed by atoms with van der Waals surface area (Å²) in [4.78, 5) is 10.5.